The highest BCUT2D eigenvalue weighted by atomic mass is 16.5. The summed E-state index contributed by atoms with van der Waals surface area (Å²) in [5, 5.41) is 11.6. The number of para-hydroxylation sites is 1. The van der Waals surface area contributed by atoms with Gasteiger partial charge in [-0.1, -0.05) is 51.3 Å². The lowest BCUT2D eigenvalue weighted by Crippen LogP contribution is -2.41. The van der Waals surface area contributed by atoms with E-state index in [4.69, 9.17) is 19.2 Å². The van der Waals surface area contributed by atoms with E-state index in [0.29, 0.717) is 72.2 Å². The van der Waals surface area contributed by atoms with Crippen molar-refractivity contribution in [3.8, 4) is 11.5 Å². The number of unbranched alkanes of at least 4 members (excludes halogenated alkanes) is 1. The standard InChI is InChI=1S/C35H41NO7/c1-4-7-9-21(5-2)20-42-35(40)23-13-17-28(37)30(18-23)43-29-11-8-10-22-12-16-27(36-32(22)29)31-33(38)25-15-14-24(41-6-3)19-26(25)34(31)39/h8,10-12,14-16,19,21,23,28,30-31,37H,4-7,9,13,17-18,20H2,1-3H3. The first-order valence-corrected chi connectivity index (χ1v) is 15.6. The molecule has 0 radical (unpaired) electrons. The summed E-state index contributed by atoms with van der Waals surface area (Å²) in [6.07, 6.45) is 4.18. The highest BCUT2D eigenvalue weighted by molar-refractivity contribution is 6.29. The number of carbonyl (C=O) groups is 3. The van der Waals surface area contributed by atoms with Crippen molar-refractivity contribution in [3.63, 3.8) is 0 Å². The Morgan fingerprint density at radius 3 is 2.60 bits per heavy atom. The molecular weight excluding hydrogens is 546 g/mol. The fraction of sp³-hybridized carbons (Fsp3) is 0.486. The van der Waals surface area contributed by atoms with Crippen LogP contribution in [0.1, 0.15) is 98.0 Å². The van der Waals surface area contributed by atoms with E-state index in [1.807, 2.05) is 25.1 Å². The molecular formula is C35H41NO7. The number of esters is 1. The van der Waals surface area contributed by atoms with E-state index < -0.39 is 18.1 Å². The van der Waals surface area contributed by atoms with Gasteiger partial charge in [0.15, 0.2) is 11.6 Å². The van der Waals surface area contributed by atoms with Crippen LogP contribution in [0, 0.1) is 11.8 Å². The lowest BCUT2D eigenvalue weighted by atomic mass is 9.85. The van der Waals surface area contributed by atoms with Crippen LogP contribution in [0.4, 0.5) is 0 Å². The predicted molar refractivity (Wildman–Crippen MR) is 163 cm³/mol. The van der Waals surface area contributed by atoms with Crippen LogP contribution in [-0.4, -0.2) is 53.0 Å². The Morgan fingerprint density at radius 2 is 1.84 bits per heavy atom. The molecule has 0 bridgehead atoms. The van der Waals surface area contributed by atoms with Crippen molar-refractivity contribution in [1.29, 1.82) is 0 Å². The van der Waals surface area contributed by atoms with Gasteiger partial charge in [0, 0.05) is 22.9 Å². The van der Waals surface area contributed by atoms with Gasteiger partial charge in [-0.2, -0.15) is 0 Å². The smallest absolute Gasteiger partial charge is 0.309 e. The van der Waals surface area contributed by atoms with Crippen molar-refractivity contribution in [2.24, 2.45) is 11.8 Å². The van der Waals surface area contributed by atoms with E-state index >= 15 is 0 Å². The number of aliphatic hydroxyl groups excluding tert-OH is 1. The van der Waals surface area contributed by atoms with Gasteiger partial charge in [-0.25, -0.2) is 4.98 Å². The fourth-order valence-corrected chi connectivity index (χ4v) is 6.12. The van der Waals surface area contributed by atoms with Gasteiger partial charge in [0.2, 0.25) is 0 Å². The molecule has 1 N–H and O–H groups in total. The molecule has 43 heavy (non-hydrogen) atoms. The summed E-state index contributed by atoms with van der Waals surface area (Å²) >= 11 is 0. The van der Waals surface area contributed by atoms with Crippen LogP contribution in [0.2, 0.25) is 0 Å². The Kier molecular flexibility index (Phi) is 9.76. The highest BCUT2D eigenvalue weighted by Crippen LogP contribution is 2.37. The first kappa shape index (κ1) is 30.7. The number of ether oxygens (including phenoxy) is 3. The minimum absolute atomic E-state index is 0.237. The van der Waals surface area contributed by atoms with Crippen LogP contribution in [0.5, 0.6) is 11.5 Å². The number of aromatic nitrogens is 1. The summed E-state index contributed by atoms with van der Waals surface area (Å²) in [4.78, 5) is 44.4. The maximum Gasteiger partial charge on any atom is 0.309 e. The van der Waals surface area contributed by atoms with Crippen LogP contribution in [0.3, 0.4) is 0 Å². The number of Topliss-reactive ketones (excluding diaryl/α,β-unsaturated/α-hetero) is 2. The van der Waals surface area contributed by atoms with Crippen molar-refractivity contribution >= 4 is 28.4 Å². The highest BCUT2D eigenvalue weighted by Gasteiger charge is 2.41. The second kappa shape index (κ2) is 13.7. The Labute approximate surface area is 252 Å². The maximum absolute atomic E-state index is 13.4. The van der Waals surface area contributed by atoms with E-state index in [-0.39, 0.29) is 23.5 Å². The van der Waals surface area contributed by atoms with Crippen molar-refractivity contribution in [2.45, 2.75) is 83.8 Å². The normalized spacial score (nSPS) is 22.3. The Morgan fingerprint density at radius 1 is 1.02 bits per heavy atom. The van der Waals surface area contributed by atoms with Crippen molar-refractivity contribution in [1.82, 2.24) is 4.98 Å². The number of nitrogens with zero attached hydrogens (tertiary/aromatic N) is 1. The largest absolute Gasteiger partial charge is 0.494 e. The molecule has 8 heteroatoms. The maximum atomic E-state index is 13.4. The number of pyridine rings is 1. The van der Waals surface area contributed by atoms with Gasteiger partial charge in [-0.05, 0) is 62.4 Å². The monoisotopic (exact) mass is 587 g/mol. The molecule has 1 aromatic heterocycles. The van der Waals surface area contributed by atoms with Gasteiger partial charge < -0.3 is 19.3 Å². The third-order valence-electron chi connectivity index (χ3n) is 8.73. The van der Waals surface area contributed by atoms with Crippen LogP contribution in [-0.2, 0) is 9.53 Å². The molecule has 0 aliphatic heterocycles. The molecule has 0 amide bonds. The average molecular weight is 588 g/mol. The van der Waals surface area contributed by atoms with Gasteiger partial charge in [0.25, 0.3) is 0 Å². The quantitative estimate of drug-likeness (QED) is 0.190. The molecule has 5 unspecified atom stereocenters. The van der Waals surface area contributed by atoms with Gasteiger partial charge in [-0.15, -0.1) is 0 Å². The van der Waals surface area contributed by atoms with Crippen LogP contribution in [0.25, 0.3) is 10.9 Å². The number of carbonyl (C=O) groups excluding carboxylic acids is 3. The minimum atomic E-state index is -1.05. The predicted octanol–water partition coefficient (Wildman–Crippen LogP) is 6.46. The zero-order valence-electron chi connectivity index (χ0n) is 25.2. The first-order valence-electron chi connectivity index (χ1n) is 15.6. The van der Waals surface area contributed by atoms with Crippen LogP contribution in [0.15, 0.2) is 48.5 Å². The number of aliphatic hydroxyl groups is 1. The molecule has 1 fully saturated rings. The van der Waals surface area contributed by atoms with Gasteiger partial charge in [0.05, 0.1) is 30.9 Å². The minimum Gasteiger partial charge on any atom is -0.494 e. The van der Waals surface area contributed by atoms with Crippen molar-refractivity contribution in [3.05, 3.63) is 65.4 Å². The molecule has 8 nitrogen and oxygen atoms in total. The van der Waals surface area contributed by atoms with Crippen molar-refractivity contribution in [2.75, 3.05) is 13.2 Å². The second-order valence-corrected chi connectivity index (χ2v) is 11.6. The van der Waals surface area contributed by atoms with Crippen molar-refractivity contribution < 1.29 is 33.7 Å². The second-order valence-electron chi connectivity index (χ2n) is 11.6. The molecule has 2 aliphatic carbocycles. The van der Waals surface area contributed by atoms with E-state index in [0.717, 1.165) is 31.1 Å². The van der Waals surface area contributed by atoms with E-state index in [1.54, 1.807) is 30.3 Å². The van der Waals surface area contributed by atoms with E-state index in [1.165, 1.54) is 0 Å². The molecule has 0 spiro atoms. The van der Waals surface area contributed by atoms with Gasteiger partial charge in [0.1, 0.15) is 29.0 Å². The van der Waals surface area contributed by atoms with Crippen LogP contribution >= 0.6 is 0 Å². The summed E-state index contributed by atoms with van der Waals surface area (Å²) in [7, 11) is 0. The lowest BCUT2D eigenvalue weighted by molar-refractivity contribution is -0.154. The summed E-state index contributed by atoms with van der Waals surface area (Å²) in [6, 6.07) is 13.9. The number of hydrogen-bond donors (Lipinski definition) is 1. The molecule has 1 saturated carbocycles. The first-order chi connectivity index (χ1) is 20.8. The summed E-state index contributed by atoms with van der Waals surface area (Å²) in [6.45, 7) is 7.01. The molecule has 5 atom stereocenters. The summed E-state index contributed by atoms with van der Waals surface area (Å²) in [5.74, 6) is -0.916. The Hall–Kier alpha value is -3.78. The average Bonchev–Trinajstić information content (AvgIpc) is 3.26. The van der Waals surface area contributed by atoms with E-state index in [2.05, 4.69) is 13.8 Å². The third kappa shape index (κ3) is 6.59. The molecule has 2 aromatic carbocycles. The molecule has 1 heterocycles. The Balaban J connectivity index is 1.33. The Bertz CT molecular complexity index is 1480. The third-order valence-corrected chi connectivity index (χ3v) is 8.73. The number of rotatable bonds is 12. The molecule has 0 saturated heterocycles. The zero-order chi connectivity index (χ0) is 30.5. The molecule has 228 valence electrons. The SMILES string of the molecule is CCCCC(CC)COC(=O)C1CCC(O)C(Oc2cccc3ccc(C4C(=O)c5ccc(OCC)cc5C4=O)nc23)C1. The number of benzene rings is 2. The molecule has 3 aromatic rings. The zero-order valence-corrected chi connectivity index (χ0v) is 25.2. The van der Waals surface area contributed by atoms with Crippen LogP contribution < -0.4 is 9.47 Å². The molecule has 2 aliphatic rings. The lowest BCUT2D eigenvalue weighted by Gasteiger charge is -2.32. The summed E-state index contributed by atoms with van der Waals surface area (Å²) in [5.41, 5.74) is 1.53. The number of fused-ring (bicyclic) bond motifs is 2. The summed E-state index contributed by atoms with van der Waals surface area (Å²) < 4.78 is 17.6. The molecule has 5 rings (SSSR count). The van der Waals surface area contributed by atoms with Gasteiger partial charge in [-0.3, -0.25) is 14.4 Å². The number of hydrogen-bond acceptors (Lipinski definition) is 8. The topological polar surface area (TPSA) is 112 Å². The van der Waals surface area contributed by atoms with Gasteiger partial charge >= 0.3 is 5.97 Å². The van der Waals surface area contributed by atoms with E-state index in [9.17, 15) is 19.5 Å². The fourth-order valence-electron chi connectivity index (χ4n) is 6.12. The number of ketones is 2.